The molecule has 2 heterocycles. The van der Waals surface area contributed by atoms with Gasteiger partial charge in [-0.25, -0.2) is 4.98 Å². The number of hydrogen-bond acceptors (Lipinski definition) is 3. The summed E-state index contributed by atoms with van der Waals surface area (Å²) in [7, 11) is 0. The molecular weight excluding hydrogens is 318 g/mol. The number of H-pyrrole nitrogens is 1. The van der Waals surface area contributed by atoms with Crippen molar-refractivity contribution in [1.82, 2.24) is 15.0 Å². The molecule has 0 aliphatic heterocycles. The summed E-state index contributed by atoms with van der Waals surface area (Å²) in [4.78, 5) is 23.4. The molecule has 1 N–H and O–H groups in total. The van der Waals surface area contributed by atoms with E-state index in [1.165, 1.54) is 0 Å². The lowest BCUT2D eigenvalue weighted by Gasteiger charge is -2.06. The Kier molecular flexibility index (Phi) is 3.43. The van der Waals surface area contributed by atoms with Crippen molar-refractivity contribution < 1.29 is 0 Å². The van der Waals surface area contributed by atoms with Gasteiger partial charge in [-0.2, -0.15) is 0 Å². The minimum Gasteiger partial charge on any atom is -0.305 e. The van der Waals surface area contributed by atoms with E-state index in [-0.39, 0.29) is 5.56 Å². The number of aromatic amines is 1. The summed E-state index contributed by atoms with van der Waals surface area (Å²) < 4.78 is 0.427. The van der Waals surface area contributed by atoms with Crippen LogP contribution in [0.4, 0.5) is 0 Å². The van der Waals surface area contributed by atoms with Crippen LogP contribution in [0.1, 0.15) is 0 Å². The average molecular weight is 328 g/mol. The predicted octanol–water partition coefficient (Wildman–Crippen LogP) is 3.26. The zero-order valence-corrected chi connectivity index (χ0v) is 12.0. The highest BCUT2D eigenvalue weighted by atomic mass is 79.9. The third kappa shape index (κ3) is 2.40. The predicted molar refractivity (Wildman–Crippen MR) is 81.2 cm³/mol. The van der Waals surface area contributed by atoms with Gasteiger partial charge in [0.2, 0.25) is 0 Å². The fourth-order valence-corrected chi connectivity index (χ4v) is 2.30. The normalized spacial score (nSPS) is 10.4. The second-order valence-electron chi connectivity index (χ2n) is 4.18. The number of nitrogens with one attached hydrogen (secondary N) is 1. The quantitative estimate of drug-likeness (QED) is 0.785. The molecule has 0 saturated heterocycles. The number of rotatable bonds is 2. The van der Waals surface area contributed by atoms with Crippen molar-refractivity contribution in [3.63, 3.8) is 0 Å². The van der Waals surface area contributed by atoms with Gasteiger partial charge in [-0.1, -0.05) is 30.3 Å². The molecule has 0 spiro atoms. The molecule has 3 aromatic rings. The number of nitrogens with zero attached hydrogens (tertiary/aromatic N) is 2. The third-order valence-electron chi connectivity index (χ3n) is 2.84. The van der Waals surface area contributed by atoms with Gasteiger partial charge in [0.25, 0.3) is 5.56 Å². The maximum absolute atomic E-state index is 12.0. The Hall–Kier alpha value is -2.27. The van der Waals surface area contributed by atoms with Gasteiger partial charge in [-0.05, 0) is 28.1 Å². The summed E-state index contributed by atoms with van der Waals surface area (Å²) in [6.45, 7) is 0. The summed E-state index contributed by atoms with van der Waals surface area (Å²) >= 11 is 3.30. The van der Waals surface area contributed by atoms with Crippen molar-refractivity contribution in [1.29, 1.82) is 0 Å². The maximum Gasteiger partial charge on any atom is 0.266 e. The molecule has 5 heteroatoms. The summed E-state index contributed by atoms with van der Waals surface area (Å²) in [6.07, 6.45) is 3.35. The molecule has 3 rings (SSSR count). The van der Waals surface area contributed by atoms with E-state index in [1.807, 2.05) is 36.4 Å². The highest BCUT2D eigenvalue weighted by Crippen LogP contribution is 2.25. The minimum atomic E-state index is -0.210. The lowest BCUT2D eigenvalue weighted by Crippen LogP contribution is -2.11. The summed E-state index contributed by atoms with van der Waals surface area (Å²) in [5, 5.41) is 0. The first-order valence-corrected chi connectivity index (χ1v) is 6.80. The zero-order chi connectivity index (χ0) is 13.9. The van der Waals surface area contributed by atoms with Crippen molar-refractivity contribution in [3.05, 3.63) is 69.7 Å². The van der Waals surface area contributed by atoms with Crippen LogP contribution in [-0.4, -0.2) is 15.0 Å². The van der Waals surface area contributed by atoms with Crippen molar-refractivity contribution in [2.24, 2.45) is 0 Å². The van der Waals surface area contributed by atoms with E-state index in [0.29, 0.717) is 16.0 Å². The van der Waals surface area contributed by atoms with Crippen LogP contribution in [0.5, 0.6) is 0 Å². The Labute approximate surface area is 123 Å². The van der Waals surface area contributed by atoms with Gasteiger partial charge in [-0.3, -0.25) is 9.78 Å². The van der Waals surface area contributed by atoms with Gasteiger partial charge in [0.1, 0.15) is 10.3 Å². The number of pyridine rings is 1. The van der Waals surface area contributed by atoms with Crippen molar-refractivity contribution >= 4 is 15.9 Å². The van der Waals surface area contributed by atoms with Crippen LogP contribution in [0.2, 0.25) is 0 Å². The Morgan fingerprint density at radius 2 is 1.75 bits per heavy atom. The van der Waals surface area contributed by atoms with Gasteiger partial charge in [-0.15, -0.1) is 0 Å². The first kappa shape index (κ1) is 12.7. The molecule has 98 valence electrons. The highest BCUT2D eigenvalue weighted by molar-refractivity contribution is 9.10. The van der Waals surface area contributed by atoms with Crippen molar-refractivity contribution in [3.8, 4) is 22.6 Å². The van der Waals surface area contributed by atoms with E-state index in [4.69, 9.17) is 0 Å². The van der Waals surface area contributed by atoms with Gasteiger partial charge >= 0.3 is 0 Å². The molecule has 1 aromatic carbocycles. The first-order valence-electron chi connectivity index (χ1n) is 6.01. The molecule has 0 bridgehead atoms. The fourth-order valence-electron chi connectivity index (χ4n) is 1.89. The molecular formula is C15H10BrN3O. The van der Waals surface area contributed by atoms with E-state index in [9.17, 15) is 4.79 Å². The second kappa shape index (κ2) is 5.38. The van der Waals surface area contributed by atoms with Crippen LogP contribution in [0.15, 0.2) is 64.1 Å². The molecule has 0 amide bonds. The number of hydrogen-bond donors (Lipinski definition) is 1. The number of benzene rings is 1. The summed E-state index contributed by atoms with van der Waals surface area (Å²) in [6, 6.07) is 13.2. The molecule has 4 nitrogen and oxygen atoms in total. The molecule has 0 saturated carbocycles. The van der Waals surface area contributed by atoms with Crippen LogP contribution in [0.25, 0.3) is 22.6 Å². The Bertz CT molecular complexity index is 785. The smallest absolute Gasteiger partial charge is 0.266 e. The molecule has 0 unspecified atom stereocenters. The Balaban J connectivity index is 2.22. The summed E-state index contributed by atoms with van der Waals surface area (Å²) in [5.74, 6) is 0.505. The van der Waals surface area contributed by atoms with Crippen molar-refractivity contribution in [2.75, 3.05) is 0 Å². The molecule has 2 aromatic heterocycles. The highest BCUT2D eigenvalue weighted by Gasteiger charge is 2.11. The van der Waals surface area contributed by atoms with Crippen LogP contribution in [-0.2, 0) is 0 Å². The number of halogens is 1. The molecule has 0 radical (unpaired) electrons. The monoisotopic (exact) mass is 327 g/mol. The maximum atomic E-state index is 12.0. The third-order valence-corrected chi connectivity index (χ3v) is 3.58. The second-order valence-corrected chi connectivity index (χ2v) is 4.98. The van der Waals surface area contributed by atoms with E-state index in [0.717, 1.165) is 11.1 Å². The Morgan fingerprint density at radius 3 is 2.45 bits per heavy atom. The number of aromatic nitrogens is 3. The fraction of sp³-hybridized carbons (Fsp3) is 0. The van der Waals surface area contributed by atoms with Gasteiger partial charge in [0, 0.05) is 23.5 Å². The molecule has 0 fully saturated rings. The van der Waals surface area contributed by atoms with Crippen molar-refractivity contribution in [2.45, 2.75) is 0 Å². The van der Waals surface area contributed by atoms with Crippen LogP contribution >= 0.6 is 15.9 Å². The topological polar surface area (TPSA) is 58.6 Å². The summed E-state index contributed by atoms with van der Waals surface area (Å²) in [5.41, 5.74) is 2.07. The minimum absolute atomic E-state index is 0.210. The van der Waals surface area contributed by atoms with Gasteiger partial charge in [0.05, 0.1) is 5.69 Å². The molecule has 20 heavy (non-hydrogen) atoms. The largest absolute Gasteiger partial charge is 0.305 e. The SMILES string of the molecule is O=c1[nH]c(-c2cccnc2)nc(-c2ccccc2)c1Br. The van der Waals surface area contributed by atoms with E-state index in [1.54, 1.807) is 18.5 Å². The van der Waals surface area contributed by atoms with Crippen LogP contribution in [0, 0.1) is 0 Å². The molecule has 0 aliphatic rings. The van der Waals surface area contributed by atoms with Gasteiger partial charge < -0.3 is 4.98 Å². The van der Waals surface area contributed by atoms with E-state index in [2.05, 4.69) is 30.9 Å². The Morgan fingerprint density at radius 1 is 1.00 bits per heavy atom. The molecule has 0 aliphatic carbocycles. The lowest BCUT2D eigenvalue weighted by atomic mass is 10.1. The first-order chi connectivity index (χ1) is 9.75. The van der Waals surface area contributed by atoms with E-state index < -0.39 is 0 Å². The van der Waals surface area contributed by atoms with E-state index >= 15 is 0 Å². The molecule has 0 atom stereocenters. The standard InChI is InChI=1S/C15H10BrN3O/c16-12-13(10-5-2-1-3-6-10)18-14(19-15(12)20)11-7-4-8-17-9-11/h1-9H,(H,18,19,20). The lowest BCUT2D eigenvalue weighted by molar-refractivity contribution is 1.11. The van der Waals surface area contributed by atoms with Crippen LogP contribution < -0.4 is 5.56 Å². The van der Waals surface area contributed by atoms with Crippen LogP contribution in [0.3, 0.4) is 0 Å². The average Bonchev–Trinajstić information content (AvgIpc) is 2.51. The van der Waals surface area contributed by atoms with Gasteiger partial charge in [0.15, 0.2) is 0 Å². The zero-order valence-electron chi connectivity index (χ0n) is 10.4.